The first-order chi connectivity index (χ1) is 13.4. The highest BCUT2D eigenvalue weighted by atomic mass is 35.5. The van der Waals surface area contributed by atoms with Crippen molar-refractivity contribution >= 4 is 21.4 Å². The Balaban J connectivity index is 1.98. The highest BCUT2D eigenvalue weighted by Crippen LogP contribution is 2.37. The Morgan fingerprint density at radius 2 is 1.82 bits per heavy atom. The van der Waals surface area contributed by atoms with E-state index in [1.165, 1.54) is 0 Å². The van der Waals surface area contributed by atoms with Gasteiger partial charge < -0.3 is 10.4 Å². The van der Waals surface area contributed by atoms with Crippen LogP contribution in [-0.4, -0.2) is 31.9 Å². The number of hydrogen-bond donors (Lipinski definition) is 2. The van der Waals surface area contributed by atoms with E-state index in [1.54, 1.807) is 19.1 Å². The number of unbranched alkanes of at least 4 members (excludes halogenated alkanes) is 3. The van der Waals surface area contributed by atoms with E-state index in [0.717, 1.165) is 48.9 Å². The van der Waals surface area contributed by atoms with Gasteiger partial charge in [-0.15, -0.1) is 0 Å². The van der Waals surface area contributed by atoms with E-state index in [2.05, 4.69) is 11.4 Å². The highest BCUT2D eigenvalue weighted by Gasteiger charge is 2.33. The minimum absolute atomic E-state index is 0.191. The van der Waals surface area contributed by atoms with E-state index in [4.69, 9.17) is 16.7 Å². The third kappa shape index (κ3) is 4.60. The molecule has 3 rings (SSSR count). The second-order valence-corrected chi connectivity index (χ2v) is 10.2. The van der Waals surface area contributed by atoms with E-state index in [1.807, 2.05) is 24.3 Å². The van der Waals surface area contributed by atoms with E-state index < -0.39 is 15.1 Å². The normalized spacial score (nSPS) is 20.7. The summed E-state index contributed by atoms with van der Waals surface area (Å²) in [7, 11) is -3.47. The quantitative estimate of drug-likeness (QED) is 0.654. The van der Waals surface area contributed by atoms with Crippen LogP contribution in [0.25, 0.3) is 0 Å². The van der Waals surface area contributed by atoms with Gasteiger partial charge in [0, 0.05) is 11.6 Å². The second kappa shape index (κ2) is 9.40. The van der Waals surface area contributed by atoms with Gasteiger partial charge in [0.15, 0.2) is 9.84 Å². The zero-order valence-electron chi connectivity index (χ0n) is 16.2. The molecule has 152 valence electrons. The van der Waals surface area contributed by atoms with Crippen LogP contribution in [0.15, 0.2) is 47.4 Å². The summed E-state index contributed by atoms with van der Waals surface area (Å²) in [6, 6.07) is 13.1. The molecule has 0 saturated carbocycles. The molecule has 2 unspecified atom stereocenters. The Bertz CT molecular complexity index is 914. The van der Waals surface area contributed by atoms with Crippen LogP contribution >= 0.6 is 11.6 Å². The molecule has 1 aliphatic heterocycles. The lowest BCUT2D eigenvalue weighted by molar-refractivity contribution is 0.282. The lowest BCUT2D eigenvalue weighted by Crippen LogP contribution is -2.31. The van der Waals surface area contributed by atoms with Crippen molar-refractivity contribution < 1.29 is 13.5 Å². The van der Waals surface area contributed by atoms with Gasteiger partial charge in [-0.25, -0.2) is 8.42 Å². The van der Waals surface area contributed by atoms with Gasteiger partial charge in [-0.2, -0.15) is 0 Å². The fourth-order valence-electron chi connectivity index (χ4n) is 3.86. The summed E-state index contributed by atoms with van der Waals surface area (Å²) in [6.07, 6.45) is 4.32. The smallest absolute Gasteiger partial charge is 0.181 e. The molecule has 0 spiro atoms. The first-order valence-electron chi connectivity index (χ1n) is 9.90. The number of aliphatic hydroxyl groups is 1. The fourth-order valence-corrected chi connectivity index (χ4v) is 5.73. The lowest BCUT2D eigenvalue weighted by atomic mass is 9.92. The first-order valence-corrected chi connectivity index (χ1v) is 11.8. The Morgan fingerprint density at radius 1 is 1.07 bits per heavy atom. The second-order valence-electron chi connectivity index (χ2n) is 7.47. The SMILES string of the molecule is CC1Cc2ccccc2C(NCCCCCCO)c2ccc(Cl)cc2S1(=O)=O. The molecule has 1 heterocycles. The zero-order chi connectivity index (χ0) is 20.1. The molecule has 0 aliphatic carbocycles. The summed E-state index contributed by atoms with van der Waals surface area (Å²) in [6.45, 7) is 2.78. The topological polar surface area (TPSA) is 66.4 Å². The Labute approximate surface area is 172 Å². The molecule has 2 atom stereocenters. The number of hydrogen-bond acceptors (Lipinski definition) is 4. The van der Waals surface area contributed by atoms with Crippen LogP contribution < -0.4 is 5.32 Å². The number of rotatable bonds is 7. The fraction of sp³-hybridized carbons (Fsp3) is 0.455. The molecule has 0 radical (unpaired) electrons. The van der Waals surface area contributed by atoms with E-state index in [9.17, 15) is 8.42 Å². The van der Waals surface area contributed by atoms with Crippen LogP contribution in [0.5, 0.6) is 0 Å². The molecule has 0 fully saturated rings. The highest BCUT2D eigenvalue weighted by molar-refractivity contribution is 7.92. The summed E-state index contributed by atoms with van der Waals surface area (Å²) >= 11 is 6.16. The number of halogens is 1. The monoisotopic (exact) mass is 421 g/mol. The van der Waals surface area contributed by atoms with Crippen molar-refractivity contribution in [3.05, 3.63) is 64.2 Å². The summed E-state index contributed by atoms with van der Waals surface area (Å²) in [5.41, 5.74) is 2.96. The van der Waals surface area contributed by atoms with Crippen LogP contribution in [0.1, 0.15) is 55.3 Å². The van der Waals surface area contributed by atoms with Gasteiger partial charge >= 0.3 is 0 Å². The number of benzene rings is 2. The van der Waals surface area contributed by atoms with Gasteiger partial charge in [0.25, 0.3) is 0 Å². The molecule has 0 bridgehead atoms. The summed E-state index contributed by atoms with van der Waals surface area (Å²) < 4.78 is 26.4. The molecule has 0 amide bonds. The number of nitrogens with one attached hydrogen (secondary N) is 1. The van der Waals surface area contributed by atoms with Gasteiger partial charge in [-0.05, 0) is 61.6 Å². The summed E-state index contributed by atoms with van der Waals surface area (Å²) in [5, 5.41) is 12.4. The van der Waals surface area contributed by atoms with Crippen LogP contribution in [0, 0.1) is 0 Å². The Hall–Kier alpha value is -1.40. The maximum atomic E-state index is 13.2. The van der Waals surface area contributed by atoms with Gasteiger partial charge in [-0.1, -0.05) is 54.8 Å². The molecule has 6 heteroatoms. The van der Waals surface area contributed by atoms with Crippen molar-refractivity contribution in [3.63, 3.8) is 0 Å². The molecule has 1 aliphatic rings. The standard InChI is InChI=1S/C22H28ClNO3S/c1-16-14-17-8-4-5-9-19(17)22(24-12-6-2-3-7-13-25)20-11-10-18(23)15-21(20)28(16,26)27/h4-5,8-11,15-16,22,24-25H,2-3,6-7,12-14H2,1H3. The lowest BCUT2D eigenvalue weighted by Gasteiger charge is -2.29. The van der Waals surface area contributed by atoms with Crippen LogP contribution in [-0.2, 0) is 16.3 Å². The van der Waals surface area contributed by atoms with Crippen molar-refractivity contribution in [2.45, 2.75) is 55.2 Å². The molecule has 0 aromatic heterocycles. The minimum atomic E-state index is -3.47. The van der Waals surface area contributed by atoms with Gasteiger partial charge in [0.05, 0.1) is 16.2 Å². The molecule has 2 aromatic carbocycles. The molecule has 28 heavy (non-hydrogen) atoms. The van der Waals surface area contributed by atoms with Crippen LogP contribution in [0.4, 0.5) is 0 Å². The van der Waals surface area contributed by atoms with Crippen molar-refractivity contribution in [2.75, 3.05) is 13.2 Å². The minimum Gasteiger partial charge on any atom is -0.396 e. The van der Waals surface area contributed by atoms with E-state index >= 15 is 0 Å². The van der Waals surface area contributed by atoms with Gasteiger partial charge in [0.1, 0.15) is 0 Å². The van der Waals surface area contributed by atoms with Gasteiger partial charge in [-0.3, -0.25) is 0 Å². The molecule has 2 aromatic rings. The van der Waals surface area contributed by atoms with Crippen molar-refractivity contribution in [1.82, 2.24) is 5.32 Å². The summed E-state index contributed by atoms with van der Waals surface area (Å²) in [4.78, 5) is 0.333. The van der Waals surface area contributed by atoms with E-state index in [0.29, 0.717) is 16.3 Å². The molecule has 2 N–H and O–H groups in total. The van der Waals surface area contributed by atoms with Crippen molar-refractivity contribution in [1.29, 1.82) is 0 Å². The third-order valence-electron chi connectivity index (χ3n) is 5.43. The molecular formula is C22H28ClNO3S. The maximum Gasteiger partial charge on any atom is 0.181 e. The molecular weight excluding hydrogens is 394 g/mol. The predicted molar refractivity (Wildman–Crippen MR) is 114 cm³/mol. The van der Waals surface area contributed by atoms with Crippen LogP contribution in [0.2, 0.25) is 5.02 Å². The van der Waals surface area contributed by atoms with Gasteiger partial charge in [0.2, 0.25) is 0 Å². The predicted octanol–water partition coefficient (Wildman–Crippen LogP) is 4.29. The first kappa shape index (κ1) is 21.3. The maximum absolute atomic E-state index is 13.2. The zero-order valence-corrected chi connectivity index (χ0v) is 17.8. The largest absolute Gasteiger partial charge is 0.396 e. The molecule has 0 saturated heterocycles. The number of aliphatic hydroxyl groups excluding tert-OH is 1. The number of sulfone groups is 1. The Kier molecular flexibility index (Phi) is 7.15. The summed E-state index contributed by atoms with van der Waals surface area (Å²) in [5.74, 6) is 0. The average molecular weight is 422 g/mol. The Morgan fingerprint density at radius 3 is 2.61 bits per heavy atom. The third-order valence-corrected chi connectivity index (χ3v) is 7.86. The van der Waals surface area contributed by atoms with Crippen LogP contribution in [0.3, 0.4) is 0 Å². The van der Waals surface area contributed by atoms with Crippen molar-refractivity contribution in [2.24, 2.45) is 0 Å². The van der Waals surface area contributed by atoms with Crippen molar-refractivity contribution in [3.8, 4) is 0 Å². The van der Waals surface area contributed by atoms with E-state index in [-0.39, 0.29) is 12.6 Å². The number of fused-ring (bicyclic) bond motifs is 2. The molecule has 4 nitrogen and oxygen atoms in total. The average Bonchev–Trinajstić information content (AvgIpc) is 2.68.